The second-order valence-corrected chi connectivity index (χ2v) is 10.9. The third-order valence-electron chi connectivity index (χ3n) is 6.09. The molecule has 5 N–H and O–H groups in total. The third-order valence-corrected chi connectivity index (χ3v) is 7.21. The number of rotatable bonds is 10. The maximum atomic E-state index is 11.6. The molecule has 3 saturated heterocycles. The minimum Gasteiger partial charge on any atom is -0.735 e. The largest absolute Gasteiger partial charge is 1.00 e. The van der Waals surface area contributed by atoms with Gasteiger partial charge in [0.05, 0.1) is 19.8 Å². The van der Waals surface area contributed by atoms with Crippen LogP contribution in [0.2, 0.25) is 0 Å². The summed E-state index contributed by atoms with van der Waals surface area (Å²) in [5.41, 5.74) is 0.675. The van der Waals surface area contributed by atoms with Gasteiger partial charge in [-0.25, -0.2) is 26.3 Å². The van der Waals surface area contributed by atoms with Gasteiger partial charge in [0, 0.05) is 0 Å². The van der Waals surface area contributed by atoms with Crippen LogP contribution in [0.5, 0.6) is 0 Å². The Morgan fingerprint density at radius 2 is 1.54 bits per heavy atom. The zero-order valence-electron chi connectivity index (χ0n) is 20.9. The van der Waals surface area contributed by atoms with Crippen molar-refractivity contribution >= 4 is 20.6 Å². The molecule has 0 unspecified atom stereocenters. The van der Waals surface area contributed by atoms with Crippen LogP contribution in [-0.4, -0.2) is 116 Å². The van der Waals surface area contributed by atoms with Crippen molar-refractivity contribution in [3.8, 4) is 0 Å². The van der Waals surface area contributed by atoms with Crippen LogP contribution < -0.4 is 68.6 Å². The Kier molecular flexibility index (Phi) is 13.7. The number of hydrogen-bond acceptors (Lipinski definition) is 14. The van der Waals surface area contributed by atoms with Crippen molar-refractivity contribution in [3.05, 3.63) is 35.9 Å². The van der Waals surface area contributed by atoms with E-state index in [2.05, 4.69) is 0 Å². The number of nitrogens with one attached hydrogen (secondary N) is 2. The van der Waals surface area contributed by atoms with E-state index in [1.165, 1.54) is 0 Å². The molecule has 16 nitrogen and oxygen atoms in total. The number of benzene rings is 1. The summed E-state index contributed by atoms with van der Waals surface area (Å²) in [5, 5.41) is 30.1. The van der Waals surface area contributed by atoms with Gasteiger partial charge in [0.1, 0.15) is 48.7 Å². The van der Waals surface area contributed by atoms with Crippen LogP contribution in [0, 0.1) is 0 Å². The molecule has 210 valence electrons. The molecule has 0 radical (unpaired) electrons. The van der Waals surface area contributed by atoms with E-state index >= 15 is 0 Å². The summed E-state index contributed by atoms with van der Waals surface area (Å²) in [4.78, 5) is 0. The van der Waals surface area contributed by atoms with Gasteiger partial charge in [-0.2, -0.15) is 0 Å². The zero-order chi connectivity index (χ0) is 27.0. The normalized spacial score (nSPS) is 36.5. The molecule has 0 aromatic heterocycles. The SMILES string of the molecule is O=S(=O)([O-])N[C@H]1[C@@H](O[C@H]2[C@H](OCc3ccccc3)[C@@H](NS(=O)(=O)[O-])[C@@H]3OC[C@H]2O3)O[C@H](CO)[C@@H](O)[C@@H]1O.[Na+].[Na+]. The molecule has 0 aliphatic carbocycles. The molecule has 2 bridgehead atoms. The summed E-state index contributed by atoms with van der Waals surface area (Å²) >= 11 is 0. The second kappa shape index (κ2) is 14.9. The van der Waals surface area contributed by atoms with Crippen LogP contribution in [0.4, 0.5) is 0 Å². The summed E-state index contributed by atoms with van der Waals surface area (Å²) in [7, 11) is -10.2. The van der Waals surface area contributed by atoms with Gasteiger partial charge in [0.25, 0.3) is 0 Å². The maximum Gasteiger partial charge on any atom is 1.00 e. The maximum absolute atomic E-state index is 11.6. The molecule has 10 atom stereocenters. The standard InChI is InChI=1S/C19H28N2O14S2.2Na/c22-6-10-14(23)15(24)12(20-36(25,26)27)19(33-10)35-16-11-8-32-18(34-11)13(21-37(28,29)30)17(16)31-7-9-4-2-1-3-5-9;;/h1-5,10-24H,6-8H2,(H,25,26,27)(H,28,29,30);;/q;2*+1/p-2/t10-,11-,12-,13-,14-,15-,16-,17-,18-,19-;;/m1../s1. The Bertz CT molecular complexity index is 1130. The summed E-state index contributed by atoms with van der Waals surface area (Å²) < 4.78 is 101. The van der Waals surface area contributed by atoms with Gasteiger partial charge in [-0.1, -0.05) is 30.3 Å². The molecule has 4 rings (SSSR count). The van der Waals surface area contributed by atoms with Gasteiger partial charge in [0.15, 0.2) is 33.2 Å². The molecule has 1 aromatic rings. The fourth-order valence-corrected chi connectivity index (χ4v) is 5.60. The fraction of sp³-hybridized carbons (Fsp3) is 0.684. The molecule has 0 amide bonds. The van der Waals surface area contributed by atoms with Crippen LogP contribution in [0.1, 0.15) is 5.56 Å². The van der Waals surface area contributed by atoms with Crippen molar-refractivity contribution in [2.45, 2.75) is 67.9 Å². The first-order valence-corrected chi connectivity index (χ1v) is 13.8. The fourth-order valence-electron chi connectivity index (χ4n) is 4.44. The van der Waals surface area contributed by atoms with Crippen LogP contribution >= 0.6 is 0 Å². The van der Waals surface area contributed by atoms with E-state index in [1.807, 2.05) is 4.72 Å². The van der Waals surface area contributed by atoms with E-state index in [0.717, 1.165) is 0 Å². The number of aliphatic hydroxyl groups is 3. The molecule has 0 spiro atoms. The summed E-state index contributed by atoms with van der Waals surface area (Å²) in [5.74, 6) is 0. The molecule has 3 aliphatic heterocycles. The van der Waals surface area contributed by atoms with Gasteiger partial charge in [-0.05, 0) is 5.56 Å². The van der Waals surface area contributed by atoms with E-state index in [1.54, 1.807) is 35.1 Å². The van der Waals surface area contributed by atoms with E-state index in [4.69, 9.17) is 23.7 Å². The number of ether oxygens (including phenoxy) is 5. The van der Waals surface area contributed by atoms with Crippen molar-refractivity contribution in [3.63, 3.8) is 0 Å². The predicted octanol–water partition coefficient (Wildman–Crippen LogP) is -10.0. The molecule has 3 fully saturated rings. The third kappa shape index (κ3) is 9.31. The van der Waals surface area contributed by atoms with Crippen LogP contribution in [0.15, 0.2) is 30.3 Å². The minimum atomic E-state index is -5.20. The first kappa shape index (κ1) is 35.8. The van der Waals surface area contributed by atoms with Crippen molar-refractivity contribution < 1.29 is 124 Å². The van der Waals surface area contributed by atoms with Crippen LogP contribution in [-0.2, 0) is 50.9 Å². The topological polar surface area (TPSA) is 245 Å². The van der Waals surface area contributed by atoms with Crippen LogP contribution in [0.3, 0.4) is 0 Å². The van der Waals surface area contributed by atoms with Gasteiger partial charge in [-0.15, -0.1) is 0 Å². The Labute approximate surface area is 269 Å². The van der Waals surface area contributed by atoms with E-state index < -0.39 is 88.5 Å². The van der Waals surface area contributed by atoms with Crippen molar-refractivity contribution in [2.75, 3.05) is 13.2 Å². The Morgan fingerprint density at radius 3 is 2.13 bits per heavy atom. The van der Waals surface area contributed by atoms with Gasteiger partial charge >= 0.3 is 59.1 Å². The van der Waals surface area contributed by atoms with Crippen molar-refractivity contribution in [1.29, 1.82) is 0 Å². The van der Waals surface area contributed by atoms with Crippen molar-refractivity contribution in [2.24, 2.45) is 0 Å². The first-order chi connectivity index (χ1) is 17.4. The van der Waals surface area contributed by atoms with E-state index in [-0.39, 0.29) is 72.3 Å². The summed E-state index contributed by atoms with van der Waals surface area (Å²) in [6, 6.07) is 5.42. The average molecular weight is 617 g/mol. The quantitative estimate of drug-likeness (QED) is 0.121. The molecule has 1 aromatic carbocycles. The van der Waals surface area contributed by atoms with Gasteiger partial charge in [-0.3, -0.25) is 0 Å². The second-order valence-electron chi connectivity index (χ2n) is 8.64. The van der Waals surface area contributed by atoms with E-state index in [9.17, 15) is 41.3 Å². The number of hydrogen-bond donors (Lipinski definition) is 5. The molecule has 3 heterocycles. The molecular weight excluding hydrogens is 590 g/mol. The molecule has 20 heteroatoms. The van der Waals surface area contributed by atoms with E-state index in [0.29, 0.717) is 5.56 Å². The Hall–Kier alpha value is 0.640. The van der Waals surface area contributed by atoms with Crippen LogP contribution in [0.25, 0.3) is 0 Å². The average Bonchev–Trinajstić information content (AvgIpc) is 3.26. The summed E-state index contributed by atoms with van der Waals surface area (Å²) in [6.07, 6.45) is -11.7. The summed E-state index contributed by atoms with van der Waals surface area (Å²) in [6.45, 7) is -1.04. The number of aliphatic hydroxyl groups excluding tert-OH is 3. The van der Waals surface area contributed by atoms with Gasteiger partial charge < -0.3 is 48.1 Å². The monoisotopic (exact) mass is 616 g/mol. The van der Waals surface area contributed by atoms with Gasteiger partial charge in [0.2, 0.25) is 0 Å². The molecule has 39 heavy (non-hydrogen) atoms. The zero-order valence-corrected chi connectivity index (χ0v) is 26.6. The molecular formula is C19H26N2Na2O14S2. The molecule has 3 aliphatic rings. The van der Waals surface area contributed by atoms with Crippen molar-refractivity contribution in [1.82, 2.24) is 9.44 Å². The first-order valence-electron chi connectivity index (χ1n) is 11.0. The number of fused-ring (bicyclic) bond motifs is 2. The minimum absolute atomic E-state index is 0. The smallest absolute Gasteiger partial charge is 0.735 e. The Morgan fingerprint density at radius 1 is 0.923 bits per heavy atom. The molecule has 0 saturated carbocycles. The predicted molar refractivity (Wildman–Crippen MR) is 116 cm³/mol. The Balaban J connectivity index is 0.00000267.